The molecule has 0 saturated carbocycles. The molecule has 0 unspecified atom stereocenters. The summed E-state index contributed by atoms with van der Waals surface area (Å²) in [5.41, 5.74) is 0.309. The Morgan fingerprint density at radius 1 is 1.11 bits per heavy atom. The molecule has 0 saturated heterocycles. The van der Waals surface area contributed by atoms with Crippen molar-refractivity contribution in [2.75, 3.05) is 27.2 Å². The molecule has 0 atom stereocenters. The van der Waals surface area contributed by atoms with Crippen LogP contribution in [-0.2, 0) is 10.0 Å². The van der Waals surface area contributed by atoms with E-state index in [-0.39, 0.29) is 23.5 Å². The fraction of sp³-hybridized carbons (Fsp3) is 0.350. The van der Waals surface area contributed by atoms with Gasteiger partial charge in [-0.2, -0.15) is 4.31 Å². The first-order chi connectivity index (χ1) is 13.1. The second-order valence-electron chi connectivity index (χ2n) is 6.68. The fourth-order valence-electron chi connectivity index (χ4n) is 2.41. The Kier molecular flexibility index (Phi) is 7.46. The lowest BCUT2D eigenvalue weighted by Gasteiger charge is -2.22. The molecule has 8 heteroatoms. The number of carbonyl (C=O) groups excluding carboxylic acids is 1. The van der Waals surface area contributed by atoms with Gasteiger partial charge in [0, 0.05) is 30.7 Å². The van der Waals surface area contributed by atoms with Gasteiger partial charge in [-0.3, -0.25) is 4.79 Å². The van der Waals surface area contributed by atoms with E-state index in [1.54, 1.807) is 57.3 Å². The maximum absolute atomic E-state index is 12.7. The summed E-state index contributed by atoms with van der Waals surface area (Å²) in [5.74, 6) is 0.345. The zero-order valence-electron chi connectivity index (χ0n) is 16.4. The third kappa shape index (κ3) is 5.47. The lowest BCUT2D eigenvalue weighted by molar-refractivity contribution is 0.0773. The number of carbonyl (C=O) groups is 1. The summed E-state index contributed by atoms with van der Waals surface area (Å²) in [4.78, 5) is 14.2. The van der Waals surface area contributed by atoms with Crippen LogP contribution in [0.2, 0.25) is 5.02 Å². The van der Waals surface area contributed by atoms with Crippen molar-refractivity contribution in [3.63, 3.8) is 0 Å². The Bertz CT molecular complexity index is 931. The zero-order chi connectivity index (χ0) is 20.9. The van der Waals surface area contributed by atoms with E-state index in [2.05, 4.69) is 0 Å². The van der Waals surface area contributed by atoms with Gasteiger partial charge < -0.3 is 9.64 Å². The van der Waals surface area contributed by atoms with E-state index in [0.717, 1.165) is 0 Å². The maximum Gasteiger partial charge on any atom is 0.253 e. The number of halogens is 1. The van der Waals surface area contributed by atoms with Gasteiger partial charge in [0.05, 0.1) is 11.4 Å². The van der Waals surface area contributed by atoms with E-state index in [1.165, 1.54) is 28.4 Å². The zero-order valence-corrected chi connectivity index (χ0v) is 18.0. The molecule has 28 heavy (non-hydrogen) atoms. The molecule has 0 aliphatic rings. The van der Waals surface area contributed by atoms with E-state index in [9.17, 15) is 13.2 Å². The van der Waals surface area contributed by atoms with Crippen molar-refractivity contribution in [2.45, 2.75) is 24.8 Å². The summed E-state index contributed by atoms with van der Waals surface area (Å²) in [5, 5.41) is 0.575. The largest absolute Gasteiger partial charge is 0.492 e. The number of ether oxygens (including phenoxy) is 1. The molecular weight excluding hydrogens is 400 g/mol. The predicted molar refractivity (Wildman–Crippen MR) is 110 cm³/mol. The Morgan fingerprint density at radius 3 is 2.43 bits per heavy atom. The SMILES string of the molecule is CC(C)N(C)S(=O)(=O)c1cccc(C(=O)N(C)CCOc2cccc(Cl)c2)c1. The molecule has 0 radical (unpaired) electrons. The van der Waals surface area contributed by atoms with Crippen LogP contribution in [0.25, 0.3) is 0 Å². The minimum absolute atomic E-state index is 0.0955. The second kappa shape index (κ2) is 9.41. The highest BCUT2D eigenvalue weighted by Gasteiger charge is 2.24. The van der Waals surface area contributed by atoms with Crippen molar-refractivity contribution in [3.05, 3.63) is 59.1 Å². The number of likely N-dealkylation sites (N-methyl/N-ethyl adjacent to an activating group) is 1. The first kappa shape index (κ1) is 22.2. The van der Waals surface area contributed by atoms with E-state index >= 15 is 0 Å². The van der Waals surface area contributed by atoms with Crippen molar-refractivity contribution >= 4 is 27.5 Å². The van der Waals surface area contributed by atoms with Crippen molar-refractivity contribution in [1.82, 2.24) is 9.21 Å². The quantitative estimate of drug-likeness (QED) is 0.650. The standard InChI is InChI=1S/C20H25ClN2O4S/c1-15(2)23(4)28(25,26)19-10-5-7-16(13-19)20(24)22(3)11-12-27-18-9-6-8-17(21)14-18/h5-10,13-15H,11-12H2,1-4H3. The molecule has 0 spiro atoms. The Hall–Kier alpha value is -2.09. The van der Waals surface area contributed by atoms with Gasteiger partial charge in [-0.15, -0.1) is 0 Å². The molecule has 0 fully saturated rings. The molecule has 2 rings (SSSR count). The van der Waals surface area contributed by atoms with Crippen molar-refractivity contribution in [1.29, 1.82) is 0 Å². The molecule has 0 aromatic heterocycles. The average Bonchev–Trinajstić information content (AvgIpc) is 2.66. The van der Waals surface area contributed by atoms with Crippen molar-refractivity contribution < 1.29 is 17.9 Å². The molecule has 0 aliphatic heterocycles. The van der Waals surface area contributed by atoms with Crippen LogP contribution in [0.3, 0.4) is 0 Å². The van der Waals surface area contributed by atoms with Crippen LogP contribution < -0.4 is 4.74 Å². The van der Waals surface area contributed by atoms with Crippen molar-refractivity contribution in [3.8, 4) is 5.75 Å². The number of rotatable bonds is 8. The van der Waals surface area contributed by atoms with Crippen LogP contribution >= 0.6 is 11.6 Å². The van der Waals surface area contributed by atoms with Gasteiger partial charge in [-0.25, -0.2) is 8.42 Å². The van der Waals surface area contributed by atoms with Crippen LogP contribution in [-0.4, -0.2) is 56.8 Å². The minimum atomic E-state index is -3.65. The van der Waals surface area contributed by atoms with Crippen molar-refractivity contribution in [2.24, 2.45) is 0 Å². The highest BCUT2D eigenvalue weighted by molar-refractivity contribution is 7.89. The third-order valence-corrected chi connectivity index (χ3v) is 6.59. The second-order valence-corrected chi connectivity index (χ2v) is 9.11. The normalized spacial score (nSPS) is 11.7. The van der Waals surface area contributed by atoms with E-state index in [0.29, 0.717) is 22.9 Å². The van der Waals surface area contributed by atoms with Gasteiger partial charge in [-0.1, -0.05) is 23.7 Å². The lowest BCUT2D eigenvalue weighted by atomic mass is 10.2. The number of hydrogen-bond donors (Lipinski definition) is 0. The van der Waals surface area contributed by atoms with Crippen LogP contribution in [0, 0.1) is 0 Å². The highest BCUT2D eigenvalue weighted by Crippen LogP contribution is 2.19. The van der Waals surface area contributed by atoms with E-state index < -0.39 is 10.0 Å². The molecule has 1 amide bonds. The molecule has 0 heterocycles. The summed E-state index contributed by atoms with van der Waals surface area (Å²) >= 11 is 5.91. The number of sulfonamides is 1. The Labute approximate surface area is 171 Å². The van der Waals surface area contributed by atoms with Gasteiger partial charge >= 0.3 is 0 Å². The summed E-state index contributed by atoms with van der Waals surface area (Å²) < 4.78 is 32.2. The summed E-state index contributed by atoms with van der Waals surface area (Å²) in [6.07, 6.45) is 0. The number of hydrogen-bond acceptors (Lipinski definition) is 4. The first-order valence-corrected chi connectivity index (χ1v) is 10.7. The number of nitrogens with zero attached hydrogens (tertiary/aromatic N) is 2. The Balaban J connectivity index is 2.05. The van der Waals surface area contributed by atoms with Gasteiger partial charge in [0.25, 0.3) is 5.91 Å². The molecule has 0 aliphatic carbocycles. The average molecular weight is 425 g/mol. The van der Waals surface area contributed by atoms with Gasteiger partial charge in [0.2, 0.25) is 10.0 Å². The monoisotopic (exact) mass is 424 g/mol. The fourth-order valence-corrected chi connectivity index (χ4v) is 4.01. The van der Waals surface area contributed by atoms with E-state index in [1.807, 2.05) is 0 Å². The molecule has 2 aromatic rings. The summed E-state index contributed by atoms with van der Waals surface area (Å²) in [6, 6.07) is 12.9. The third-order valence-electron chi connectivity index (χ3n) is 4.32. The van der Waals surface area contributed by atoms with Gasteiger partial charge in [-0.05, 0) is 50.2 Å². The molecule has 0 bridgehead atoms. The number of benzene rings is 2. The van der Waals surface area contributed by atoms with E-state index in [4.69, 9.17) is 16.3 Å². The molecule has 6 nitrogen and oxygen atoms in total. The predicted octanol–water partition coefficient (Wildman–Crippen LogP) is 3.52. The van der Waals surface area contributed by atoms with Crippen LogP contribution in [0.1, 0.15) is 24.2 Å². The molecule has 2 aromatic carbocycles. The molecule has 0 N–H and O–H groups in total. The number of amides is 1. The van der Waals surface area contributed by atoms with Crippen LogP contribution in [0.5, 0.6) is 5.75 Å². The molecular formula is C20H25ClN2O4S. The smallest absolute Gasteiger partial charge is 0.253 e. The lowest BCUT2D eigenvalue weighted by Crippen LogP contribution is -2.33. The Morgan fingerprint density at radius 2 is 1.79 bits per heavy atom. The van der Waals surface area contributed by atoms with Crippen LogP contribution in [0.15, 0.2) is 53.4 Å². The summed E-state index contributed by atoms with van der Waals surface area (Å²) in [6.45, 7) is 4.21. The van der Waals surface area contributed by atoms with Gasteiger partial charge in [0.15, 0.2) is 0 Å². The van der Waals surface area contributed by atoms with Crippen LogP contribution in [0.4, 0.5) is 0 Å². The maximum atomic E-state index is 12.7. The van der Waals surface area contributed by atoms with Gasteiger partial charge in [0.1, 0.15) is 12.4 Å². The highest BCUT2D eigenvalue weighted by atomic mass is 35.5. The summed E-state index contributed by atoms with van der Waals surface area (Å²) in [7, 11) is -0.486. The first-order valence-electron chi connectivity index (χ1n) is 8.85. The minimum Gasteiger partial charge on any atom is -0.492 e. The topological polar surface area (TPSA) is 66.9 Å². The molecule has 152 valence electrons.